The van der Waals surface area contributed by atoms with Crippen LogP contribution in [0.3, 0.4) is 0 Å². The van der Waals surface area contributed by atoms with Crippen molar-refractivity contribution in [2.75, 3.05) is 32.7 Å². The summed E-state index contributed by atoms with van der Waals surface area (Å²) in [4.78, 5) is 0. The molecule has 21 heavy (non-hydrogen) atoms. The lowest BCUT2D eigenvalue weighted by Crippen LogP contribution is -2.14. The summed E-state index contributed by atoms with van der Waals surface area (Å²) in [5.74, 6) is 2.95. The third-order valence-corrected chi connectivity index (χ3v) is 3.74. The molecule has 2 aromatic rings. The average Bonchev–Trinajstić information content (AvgIpc) is 2.96. The summed E-state index contributed by atoms with van der Waals surface area (Å²) in [5, 5.41) is 3.44. The van der Waals surface area contributed by atoms with Gasteiger partial charge in [0.25, 0.3) is 0 Å². The molecule has 1 N–H and O–H groups in total. The number of methoxy groups -OCH3 is 2. The molecule has 4 nitrogen and oxygen atoms in total. The zero-order valence-electron chi connectivity index (χ0n) is 12.3. The fourth-order valence-corrected chi connectivity index (χ4v) is 2.58. The number of nitrogens with one attached hydrogen (secondary N) is 1. The number of benzene rings is 2. The smallest absolute Gasteiger partial charge is 0.142 e. The van der Waals surface area contributed by atoms with E-state index in [4.69, 9.17) is 14.2 Å². The molecular formula is C17H19NO3. The molecule has 2 aromatic carbocycles. The van der Waals surface area contributed by atoms with Gasteiger partial charge in [-0.1, -0.05) is 18.2 Å². The minimum Gasteiger partial charge on any atom is -0.497 e. The van der Waals surface area contributed by atoms with Crippen molar-refractivity contribution in [3.63, 3.8) is 0 Å². The van der Waals surface area contributed by atoms with Gasteiger partial charge in [0.15, 0.2) is 0 Å². The summed E-state index contributed by atoms with van der Waals surface area (Å²) in [6, 6.07) is 13.9. The first-order valence-corrected chi connectivity index (χ1v) is 6.99. The molecule has 1 aliphatic rings. The number of hydrogen-bond acceptors (Lipinski definition) is 4. The third-order valence-electron chi connectivity index (χ3n) is 3.74. The van der Waals surface area contributed by atoms with Crippen LogP contribution in [0.4, 0.5) is 5.69 Å². The lowest BCUT2D eigenvalue weighted by Gasteiger charge is -2.15. The van der Waals surface area contributed by atoms with Gasteiger partial charge in [0.2, 0.25) is 0 Å². The molecule has 0 fully saturated rings. The molecule has 110 valence electrons. The predicted octanol–water partition coefficient (Wildman–Crippen LogP) is 3.29. The number of fused-ring (bicyclic) bond motifs is 1. The van der Waals surface area contributed by atoms with Crippen LogP contribution in [0.5, 0.6) is 17.2 Å². The molecule has 1 atom stereocenters. The van der Waals surface area contributed by atoms with Crippen LogP contribution in [-0.4, -0.2) is 27.4 Å². The van der Waals surface area contributed by atoms with Crippen LogP contribution in [0.15, 0.2) is 42.5 Å². The Morgan fingerprint density at radius 3 is 2.81 bits per heavy atom. The minimum atomic E-state index is 0.345. The zero-order valence-corrected chi connectivity index (χ0v) is 12.3. The summed E-state index contributed by atoms with van der Waals surface area (Å²) in [5.41, 5.74) is 2.19. The molecule has 0 saturated heterocycles. The average molecular weight is 285 g/mol. The molecule has 0 aromatic heterocycles. The SMILES string of the molecule is COc1ccc(OC)c(NCC2COc3ccccc32)c1. The second-order valence-electron chi connectivity index (χ2n) is 4.99. The number of ether oxygens (including phenoxy) is 3. The lowest BCUT2D eigenvalue weighted by atomic mass is 10.0. The highest BCUT2D eigenvalue weighted by Gasteiger charge is 2.23. The first-order chi connectivity index (χ1) is 10.3. The second kappa shape index (κ2) is 5.95. The van der Waals surface area contributed by atoms with Crippen LogP contribution in [0.2, 0.25) is 0 Å². The monoisotopic (exact) mass is 285 g/mol. The summed E-state index contributed by atoms with van der Waals surface area (Å²) in [6.07, 6.45) is 0. The van der Waals surface area contributed by atoms with E-state index in [2.05, 4.69) is 11.4 Å². The highest BCUT2D eigenvalue weighted by Crippen LogP contribution is 2.35. The molecule has 0 aliphatic carbocycles. The number of rotatable bonds is 5. The normalized spacial score (nSPS) is 16.0. The lowest BCUT2D eigenvalue weighted by molar-refractivity contribution is 0.334. The van der Waals surface area contributed by atoms with E-state index < -0.39 is 0 Å². The Morgan fingerprint density at radius 1 is 1.14 bits per heavy atom. The molecule has 1 unspecified atom stereocenters. The molecular weight excluding hydrogens is 266 g/mol. The maximum absolute atomic E-state index is 5.71. The Labute approximate surface area is 124 Å². The Hall–Kier alpha value is -2.36. The number of anilines is 1. The van der Waals surface area contributed by atoms with E-state index in [0.717, 1.165) is 29.5 Å². The molecule has 0 bridgehead atoms. The maximum Gasteiger partial charge on any atom is 0.142 e. The quantitative estimate of drug-likeness (QED) is 0.915. The first kappa shape index (κ1) is 13.6. The highest BCUT2D eigenvalue weighted by atomic mass is 16.5. The Kier molecular flexibility index (Phi) is 3.86. The van der Waals surface area contributed by atoms with Gasteiger partial charge in [-0.05, 0) is 18.2 Å². The summed E-state index contributed by atoms with van der Waals surface area (Å²) >= 11 is 0. The van der Waals surface area contributed by atoms with E-state index in [1.54, 1.807) is 14.2 Å². The van der Waals surface area contributed by atoms with Gasteiger partial charge in [0.05, 0.1) is 26.5 Å². The predicted molar refractivity (Wildman–Crippen MR) is 82.7 cm³/mol. The Balaban J connectivity index is 1.74. The van der Waals surface area contributed by atoms with Gasteiger partial charge in [0, 0.05) is 24.1 Å². The number of para-hydroxylation sites is 1. The van der Waals surface area contributed by atoms with Crippen LogP contribution in [-0.2, 0) is 0 Å². The second-order valence-corrected chi connectivity index (χ2v) is 4.99. The van der Waals surface area contributed by atoms with Crippen molar-refractivity contribution in [3.05, 3.63) is 48.0 Å². The van der Waals surface area contributed by atoms with Gasteiger partial charge in [0.1, 0.15) is 17.2 Å². The topological polar surface area (TPSA) is 39.7 Å². The van der Waals surface area contributed by atoms with Gasteiger partial charge in [-0.25, -0.2) is 0 Å². The van der Waals surface area contributed by atoms with Crippen LogP contribution >= 0.6 is 0 Å². The molecule has 1 aliphatic heterocycles. The highest BCUT2D eigenvalue weighted by molar-refractivity contribution is 5.60. The van der Waals surface area contributed by atoms with Gasteiger partial charge in [-0.15, -0.1) is 0 Å². The van der Waals surface area contributed by atoms with Crippen LogP contribution < -0.4 is 19.5 Å². The summed E-state index contributed by atoms with van der Waals surface area (Å²) in [6.45, 7) is 1.50. The van der Waals surface area contributed by atoms with Crippen molar-refractivity contribution in [2.24, 2.45) is 0 Å². The van der Waals surface area contributed by atoms with E-state index in [0.29, 0.717) is 12.5 Å². The first-order valence-electron chi connectivity index (χ1n) is 6.99. The van der Waals surface area contributed by atoms with Crippen LogP contribution in [0.1, 0.15) is 11.5 Å². The molecule has 3 rings (SSSR count). The van der Waals surface area contributed by atoms with E-state index in [9.17, 15) is 0 Å². The van der Waals surface area contributed by atoms with Crippen molar-refractivity contribution in [3.8, 4) is 17.2 Å². The van der Waals surface area contributed by atoms with E-state index >= 15 is 0 Å². The molecule has 1 heterocycles. The van der Waals surface area contributed by atoms with E-state index in [-0.39, 0.29) is 0 Å². The van der Waals surface area contributed by atoms with Gasteiger partial charge >= 0.3 is 0 Å². The number of hydrogen-bond donors (Lipinski definition) is 1. The molecule has 0 saturated carbocycles. The van der Waals surface area contributed by atoms with Crippen molar-refractivity contribution >= 4 is 5.69 Å². The van der Waals surface area contributed by atoms with Crippen molar-refractivity contribution < 1.29 is 14.2 Å². The van der Waals surface area contributed by atoms with Gasteiger partial charge in [-0.3, -0.25) is 0 Å². The van der Waals surface area contributed by atoms with Crippen LogP contribution in [0, 0.1) is 0 Å². The van der Waals surface area contributed by atoms with E-state index in [1.165, 1.54) is 5.56 Å². The maximum atomic E-state index is 5.71. The molecule has 0 radical (unpaired) electrons. The summed E-state index contributed by atoms with van der Waals surface area (Å²) < 4.78 is 16.3. The fraction of sp³-hybridized carbons (Fsp3) is 0.294. The largest absolute Gasteiger partial charge is 0.497 e. The molecule has 0 spiro atoms. The van der Waals surface area contributed by atoms with Gasteiger partial charge < -0.3 is 19.5 Å². The standard InChI is InChI=1S/C17H19NO3/c1-19-13-7-8-17(20-2)15(9-13)18-10-12-11-21-16-6-4-3-5-14(12)16/h3-9,12,18H,10-11H2,1-2H3. The van der Waals surface area contributed by atoms with Crippen molar-refractivity contribution in [1.29, 1.82) is 0 Å². The third kappa shape index (κ3) is 2.75. The molecule has 0 amide bonds. The minimum absolute atomic E-state index is 0.345. The summed E-state index contributed by atoms with van der Waals surface area (Å²) in [7, 11) is 3.33. The molecule has 4 heteroatoms. The Morgan fingerprint density at radius 2 is 2.00 bits per heavy atom. The zero-order chi connectivity index (χ0) is 14.7. The van der Waals surface area contributed by atoms with Crippen molar-refractivity contribution in [1.82, 2.24) is 0 Å². The van der Waals surface area contributed by atoms with Crippen LogP contribution in [0.25, 0.3) is 0 Å². The van der Waals surface area contributed by atoms with Crippen molar-refractivity contribution in [2.45, 2.75) is 5.92 Å². The van der Waals surface area contributed by atoms with E-state index in [1.807, 2.05) is 36.4 Å². The fourth-order valence-electron chi connectivity index (χ4n) is 2.58. The van der Waals surface area contributed by atoms with Gasteiger partial charge in [-0.2, -0.15) is 0 Å². The Bertz CT molecular complexity index is 627.